The van der Waals surface area contributed by atoms with Gasteiger partial charge in [-0.3, -0.25) is 9.48 Å². The lowest BCUT2D eigenvalue weighted by atomic mass is 10.1. The average molecular weight is 466 g/mol. The molecular formula is C22H19Cl3N2O3. The van der Waals surface area contributed by atoms with Gasteiger partial charge in [-0.1, -0.05) is 46.9 Å². The number of allylic oxidation sites excluding steroid dienone is 1. The summed E-state index contributed by atoms with van der Waals surface area (Å²) >= 11 is 18.2. The number of aromatic nitrogens is 2. The zero-order valence-corrected chi connectivity index (χ0v) is 18.6. The van der Waals surface area contributed by atoms with Gasteiger partial charge in [0.25, 0.3) is 0 Å². The third-order valence-corrected chi connectivity index (χ3v) is 5.35. The van der Waals surface area contributed by atoms with Crippen LogP contribution in [0.15, 0.2) is 48.8 Å². The maximum absolute atomic E-state index is 12.3. The predicted octanol–water partition coefficient (Wildman–Crippen LogP) is 6.35. The van der Waals surface area contributed by atoms with Gasteiger partial charge < -0.3 is 9.47 Å². The van der Waals surface area contributed by atoms with E-state index in [2.05, 4.69) is 5.10 Å². The minimum Gasteiger partial charge on any atom is -0.496 e. The van der Waals surface area contributed by atoms with Crippen molar-refractivity contribution in [1.82, 2.24) is 9.78 Å². The van der Waals surface area contributed by atoms with E-state index in [0.717, 1.165) is 11.1 Å². The summed E-state index contributed by atoms with van der Waals surface area (Å²) in [7, 11) is 1.58. The van der Waals surface area contributed by atoms with Crippen LogP contribution in [0.2, 0.25) is 15.1 Å². The summed E-state index contributed by atoms with van der Waals surface area (Å²) in [5, 5.41) is 5.18. The van der Waals surface area contributed by atoms with Gasteiger partial charge in [0.1, 0.15) is 18.1 Å². The van der Waals surface area contributed by atoms with Crippen LogP contribution in [-0.4, -0.2) is 22.7 Å². The molecule has 0 spiro atoms. The molecule has 2 aromatic carbocycles. The predicted molar refractivity (Wildman–Crippen MR) is 120 cm³/mol. The van der Waals surface area contributed by atoms with Crippen molar-refractivity contribution in [1.29, 1.82) is 0 Å². The van der Waals surface area contributed by atoms with Crippen molar-refractivity contribution in [3.63, 3.8) is 0 Å². The maximum atomic E-state index is 12.3. The summed E-state index contributed by atoms with van der Waals surface area (Å²) < 4.78 is 12.9. The number of carbonyl (C=O) groups is 1. The SMILES string of the molecule is CCn1cc(C(=O)/C=C/c2ccc(OC)c(COc3cc(Cl)c(Cl)cc3Cl)c2)cn1. The molecule has 0 aliphatic heterocycles. The molecule has 0 saturated heterocycles. The Bertz CT molecular complexity index is 1090. The summed E-state index contributed by atoms with van der Waals surface area (Å²) in [6.45, 7) is 2.87. The van der Waals surface area contributed by atoms with Crippen LogP contribution in [0.25, 0.3) is 6.08 Å². The molecule has 0 fully saturated rings. The Morgan fingerprint density at radius 2 is 1.87 bits per heavy atom. The molecular weight excluding hydrogens is 447 g/mol. The molecule has 5 nitrogen and oxygen atoms in total. The first-order valence-electron chi connectivity index (χ1n) is 9.10. The molecule has 0 aliphatic rings. The fourth-order valence-corrected chi connectivity index (χ4v) is 3.31. The van der Waals surface area contributed by atoms with Crippen molar-refractivity contribution in [2.45, 2.75) is 20.1 Å². The summed E-state index contributed by atoms with van der Waals surface area (Å²) in [4.78, 5) is 12.3. The number of benzene rings is 2. The standard InChI is InChI=1S/C22H19Cl3N2O3/c1-3-27-12-16(11-26-27)20(28)6-4-14-5-7-21(29-2)15(8-14)13-30-22-10-18(24)17(23)9-19(22)25/h4-12H,3,13H2,1-2H3/b6-4+. The molecule has 8 heteroatoms. The second-order valence-electron chi connectivity index (χ2n) is 6.34. The molecule has 3 aromatic rings. The number of aryl methyl sites for hydroxylation is 1. The zero-order valence-electron chi connectivity index (χ0n) is 16.4. The number of halogens is 3. The summed E-state index contributed by atoms with van der Waals surface area (Å²) in [6, 6.07) is 8.65. The molecule has 1 aromatic heterocycles. The van der Waals surface area contributed by atoms with E-state index >= 15 is 0 Å². The Labute approximate surface area is 189 Å². The quantitative estimate of drug-likeness (QED) is 0.221. The molecule has 156 valence electrons. The number of hydrogen-bond acceptors (Lipinski definition) is 4. The van der Waals surface area contributed by atoms with Crippen LogP contribution in [0, 0.1) is 0 Å². The second-order valence-corrected chi connectivity index (χ2v) is 7.56. The fourth-order valence-electron chi connectivity index (χ4n) is 2.72. The van der Waals surface area contributed by atoms with Crippen LogP contribution in [0.5, 0.6) is 11.5 Å². The Kier molecular flexibility index (Phi) is 7.43. The van der Waals surface area contributed by atoms with Crippen LogP contribution in [0.1, 0.15) is 28.4 Å². The summed E-state index contributed by atoms with van der Waals surface area (Å²) in [6.07, 6.45) is 6.53. The topological polar surface area (TPSA) is 53.4 Å². The molecule has 0 N–H and O–H groups in total. The molecule has 0 radical (unpaired) electrons. The van der Waals surface area contributed by atoms with E-state index in [4.69, 9.17) is 44.3 Å². The van der Waals surface area contributed by atoms with Gasteiger partial charge in [-0.15, -0.1) is 0 Å². The largest absolute Gasteiger partial charge is 0.496 e. The molecule has 0 amide bonds. The molecule has 0 atom stereocenters. The third kappa shape index (κ3) is 5.36. The van der Waals surface area contributed by atoms with E-state index in [-0.39, 0.29) is 12.4 Å². The lowest BCUT2D eigenvalue weighted by Crippen LogP contribution is -2.00. The van der Waals surface area contributed by atoms with E-state index in [9.17, 15) is 4.79 Å². The highest BCUT2D eigenvalue weighted by Crippen LogP contribution is 2.34. The van der Waals surface area contributed by atoms with Gasteiger partial charge in [-0.2, -0.15) is 5.10 Å². The van der Waals surface area contributed by atoms with Gasteiger partial charge >= 0.3 is 0 Å². The van der Waals surface area contributed by atoms with Gasteiger partial charge in [0.05, 0.1) is 33.9 Å². The number of nitrogens with zero attached hydrogens (tertiary/aromatic N) is 2. The molecule has 30 heavy (non-hydrogen) atoms. The van der Waals surface area contributed by atoms with E-state index in [1.807, 2.05) is 25.1 Å². The number of rotatable bonds is 8. The van der Waals surface area contributed by atoms with Crippen molar-refractivity contribution in [2.75, 3.05) is 7.11 Å². The normalized spacial score (nSPS) is 11.1. The number of methoxy groups -OCH3 is 1. The van der Waals surface area contributed by atoms with Crippen LogP contribution in [-0.2, 0) is 13.2 Å². The average Bonchev–Trinajstić information content (AvgIpc) is 3.23. The van der Waals surface area contributed by atoms with Crippen molar-refractivity contribution in [3.05, 3.63) is 80.6 Å². The van der Waals surface area contributed by atoms with Crippen LogP contribution in [0.4, 0.5) is 0 Å². The maximum Gasteiger partial charge on any atom is 0.189 e. The van der Waals surface area contributed by atoms with Gasteiger partial charge in [-0.05, 0) is 36.8 Å². The molecule has 0 aliphatic carbocycles. The Morgan fingerprint density at radius 3 is 2.57 bits per heavy atom. The molecule has 3 rings (SSSR count). The van der Waals surface area contributed by atoms with Gasteiger partial charge in [0, 0.05) is 24.4 Å². The Morgan fingerprint density at radius 1 is 1.10 bits per heavy atom. The minimum absolute atomic E-state index is 0.120. The van der Waals surface area contributed by atoms with E-state index < -0.39 is 0 Å². The molecule has 0 saturated carbocycles. The first-order valence-corrected chi connectivity index (χ1v) is 10.2. The second kappa shape index (κ2) is 10.0. The highest BCUT2D eigenvalue weighted by Gasteiger charge is 2.10. The van der Waals surface area contributed by atoms with Crippen molar-refractivity contribution in [3.8, 4) is 11.5 Å². The molecule has 0 bridgehead atoms. The van der Waals surface area contributed by atoms with E-state index in [0.29, 0.717) is 38.7 Å². The highest BCUT2D eigenvalue weighted by molar-refractivity contribution is 6.43. The lowest BCUT2D eigenvalue weighted by molar-refractivity contribution is 0.104. The number of ether oxygens (including phenoxy) is 2. The first-order chi connectivity index (χ1) is 14.4. The van der Waals surface area contributed by atoms with Gasteiger partial charge in [0.15, 0.2) is 5.78 Å². The van der Waals surface area contributed by atoms with Crippen molar-refractivity contribution in [2.24, 2.45) is 0 Å². The van der Waals surface area contributed by atoms with Gasteiger partial charge in [-0.25, -0.2) is 0 Å². The van der Waals surface area contributed by atoms with E-state index in [1.165, 1.54) is 12.1 Å². The van der Waals surface area contributed by atoms with Gasteiger partial charge in [0.2, 0.25) is 0 Å². The smallest absolute Gasteiger partial charge is 0.189 e. The Hall–Kier alpha value is -2.47. The van der Waals surface area contributed by atoms with E-state index in [1.54, 1.807) is 36.3 Å². The Balaban J connectivity index is 1.76. The zero-order chi connectivity index (χ0) is 21.7. The van der Waals surface area contributed by atoms with Crippen molar-refractivity contribution >= 4 is 46.7 Å². The summed E-state index contributed by atoms with van der Waals surface area (Å²) in [5.74, 6) is 0.946. The van der Waals surface area contributed by atoms with Crippen LogP contribution < -0.4 is 9.47 Å². The molecule has 1 heterocycles. The monoisotopic (exact) mass is 464 g/mol. The number of ketones is 1. The number of hydrogen-bond donors (Lipinski definition) is 0. The third-order valence-electron chi connectivity index (χ3n) is 4.33. The number of carbonyl (C=O) groups excluding carboxylic acids is 1. The lowest BCUT2D eigenvalue weighted by Gasteiger charge is -2.13. The summed E-state index contributed by atoms with van der Waals surface area (Å²) in [5.41, 5.74) is 2.15. The first kappa shape index (κ1) is 22.2. The van der Waals surface area contributed by atoms with Crippen molar-refractivity contribution < 1.29 is 14.3 Å². The van der Waals surface area contributed by atoms with Crippen LogP contribution in [0.3, 0.4) is 0 Å². The van der Waals surface area contributed by atoms with Crippen LogP contribution >= 0.6 is 34.8 Å². The minimum atomic E-state index is -0.120. The molecule has 0 unspecified atom stereocenters. The highest BCUT2D eigenvalue weighted by atomic mass is 35.5. The fraction of sp³-hybridized carbons (Fsp3) is 0.182.